The normalized spacial score (nSPS) is 11.6. The Balaban J connectivity index is 1.04. The highest BCUT2D eigenvalue weighted by Gasteiger charge is 2.20. The molecular weight excluding hydrogens is 893 g/mol. The van der Waals surface area contributed by atoms with Gasteiger partial charge in [-0.05, 0) is 138 Å². The van der Waals surface area contributed by atoms with E-state index in [4.69, 9.17) is 34.9 Å². The zero-order valence-electron chi connectivity index (χ0n) is 39.2. The van der Waals surface area contributed by atoms with Crippen LogP contribution in [0.25, 0.3) is 139 Å². The molecule has 7 aromatic carbocycles. The second-order valence-electron chi connectivity index (χ2n) is 18.3. The largest absolute Gasteiger partial charge is 0.292 e. The number of imidazole rings is 1. The van der Waals surface area contributed by atoms with Crippen molar-refractivity contribution in [3.63, 3.8) is 0 Å². The molecule has 340 valence electrons. The SMILES string of the molecule is c1ccc(-n2c(-c3cc(-c4cc(-c5cnc6ccccc6c5)nc(-c5cnc6ccccc6c5)c4)cc(-c4cc(-c5cnc6ccccc6c5)nc(-c5cnc6ccccc6c5)c4)c3)nc3ccccc32)cc1. The molecule has 0 bridgehead atoms. The van der Waals surface area contributed by atoms with Gasteiger partial charge in [0.25, 0.3) is 0 Å². The van der Waals surface area contributed by atoms with Crippen molar-refractivity contribution in [2.24, 2.45) is 0 Å². The number of hydrogen-bond acceptors (Lipinski definition) is 7. The number of fused-ring (bicyclic) bond motifs is 5. The lowest BCUT2D eigenvalue weighted by Gasteiger charge is -2.16. The second-order valence-corrected chi connectivity index (χ2v) is 18.3. The van der Waals surface area contributed by atoms with Crippen LogP contribution >= 0.6 is 0 Å². The van der Waals surface area contributed by atoms with E-state index in [0.717, 1.165) is 139 Å². The van der Waals surface area contributed by atoms with E-state index in [1.165, 1.54) is 0 Å². The summed E-state index contributed by atoms with van der Waals surface area (Å²) in [7, 11) is 0. The van der Waals surface area contributed by atoms with Crippen molar-refractivity contribution in [2.45, 2.75) is 0 Å². The highest BCUT2D eigenvalue weighted by molar-refractivity contribution is 5.92. The van der Waals surface area contributed by atoms with Crippen LogP contribution < -0.4 is 0 Å². The summed E-state index contributed by atoms with van der Waals surface area (Å²) in [6.45, 7) is 0. The van der Waals surface area contributed by atoms with Crippen LogP contribution in [0.4, 0.5) is 0 Å². The summed E-state index contributed by atoms with van der Waals surface area (Å²) in [5, 5.41) is 4.16. The molecule has 73 heavy (non-hydrogen) atoms. The predicted octanol–water partition coefficient (Wildman–Crippen LogP) is 15.7. The molecule has 0 unspecified atom stereocenters. The molecule has 0 spiro atoms. The molecule has 0 saturated carbocycles. The Labute approximate surface area is 419 Å². The fourth-order valence-corrected chi connectivity index (χ4v) is 9.98. The molecule has 0 N–H and O–H groups in total. The van der Waals surface area contributed by atoms with Crippen molar-refractivity contribution in [1.29, 1.82) is 0 Å². The van der Waals surface area contributed by atoms with E-state index in [2.05, 4.69) is 138 Å². The van der Waals surface area contributed by atoms with Crippen molar-refractivity contribution in [2.75, 3.05) is 0 Å². The van der Waals surface area contributed by atoms with Crippen LogP contribution in [-0.4, -0.2) is 39.5 Å². The minimum atomic E-state index is 0.795. The van der Waals surface area contributed by atoms with Crippen LogP contribution in [0.1, 0.15) is 0 Å². The maximum Gasteiger partial charge on any atom is 0.145 e. The number of benzene rings is 7. The predicted molar refractivity (Wildman–Crippen MR) is 296 cm³/mol. The quantitative estimate of drug-likeness (QED) is 0.150. The summed E-state index contributed by atoms with van der Waals surface area (Å²) in [5.74, 6) is 0.814. The minimum Gasteiger partial charge on any atom is -0.292 e. The third-order valence-corrected chi connectivity index (χ3v) is 13.6. The fourth-order valence-electron chi connectivity index (χ4n) is 9.98. The first kappa shape index (κ1) is 41.9. The molecule has 8 nitrogen and oxygen atoms in total. The smallest absolute Gasteiger partial charge is 0.145 e. The van der Waals surface area contributed by atoms with Gasteiger partial charge in [0.05, 0.1) is 55.9 Å². The summed E-state index contributed by atoms with van der Waals surface area (Å²) in [6, 6.07) is 75.7. The molecule has 0 radical (unpaired) electrons. The van der Waals surface area contributed by atoms with Crippen LogP contribution in [0.15, 0.2) is 243 Å². The summed E-state index contributed by atoms with van der Waals surface area (Å²) in [4.78, 5) is 35.7. The van der Waals surface area contributed by atoms with Crippen molar-refractivity contribution in [3.05, 3.63) is 243 Å². The van der Waals surface area contributed by atoms with Gasteiger partial charge in [-0.3, -0.25) is 24.5 Å². The zero-order chi connectivity index (χ0) is 48.2. The highest BCUT2D eigenvalue weighted by Crippen LogP contribution is 2.40. The first-order chi connectivity index (χ1) is 36.1. The van der Waals surface area contributed by atoms with E-state index in [1.807, 2.05) is 110 Å². The minimum absolute atomic E-state index is 0.795. The molecule has 7 heterocycles. The molecule has 14 aromatic rings. The molecular formula is C65H40N8. The number of para-hydroxylation sites is 7. The topological polar surface area (TPSA) is 95.2 Å². The average molecular weight is 933 g/mol. The maximum atomic E-state index is 5.41. The number of rotatable bonds is 8. The molecule has 0 atom stereocenters. The van der Waals surface area contributed by atoms with E-state index in [9.17, 15) is 0 Å². The molecule has 0 saturated heterocycles. The van der Waals surface area contributed by atoms with Gasteiger partial charge in [-0.25, -0.2) is 15.0 Å². The Morgan fingerprint density at radius 2 is 0.575 bits per heavy atom. The summed E-state index contributed by atoms with van der Waals surface area (Å²) in [6.07, 6.45) is 7.68. The summed E-state index contributed by atoms with van der Waals surface area (Å²) >= 11 is 0. The monoisotopic (exact) mass is 932 g/mol. The number of hydrogen-bond donors (Lipinski definition) is 0. The van der Waals surface area contributed by atoms with Crippen LogP contribution in [0.5, 0.6) is 0 Å². The van der Waals surface area contributed by atoms with Crippen LogP contribution in [0, 0.1) is 0 Å². The van der Waals surface area contributed by atoms with Crippen LogP contribution in [0.3, 0.4) is 0 Å². The van der Waals surface area contributed by atoms with Crippen molar-refractivity contribution >= 4 is 54.6 Å². The first-order valence-corrected chi connectivity index (χ1v) is 24.2. The standard InChI is InChI=1S/C65H40N8/c1-2-18-54(19-3-1)73-64-25-13-12-24-59(64)72-65(73)49-31-45(47-33-60(50-26-41-14-4-8-20-55(41)66-37-50)70-61(34-47)51-27-42-15-5-9-21-56(42)67-38-51)30-46(32-49)48-35-62(52-28-43-16-6-10-22-57(43)68-39-52)71-63(36-48)53-29-44-17-7-11-23-58(44)69-40-53/h1-40H. The zero-order valence-corrected chi connectivity index (χ0v) is 39.2. The molecule has 8 heteroatoms. The molecule has 0 amide bonds. The third-order valence-electron chi connectivity index (χ3n) is 13.6. The van der Waals surface area contributed by atoms with Crippen LogP contribution in [0.2, 0.25) is 0 Å². The van der Waals surface area contributed by atoms with Gasteiger partial charge in [-0.15, -0.1) is 0 Å². The van der Waals surface area contributed by atoms with Crippen LogP contribution in [-0.2, 0) is 0 Å². The van der Waals surface area contributed by atoms with Gasteiger partial charge in [0.1, 0.15) is 5.82 Å². The molecule has 0 aliphatic rings. The van der Waals surface area contributed by atoms with Gasteiger partial charge in [0.15, 0.2) is 0 Å². The fraction of sp³-hybridized carbons (Fsp3) is 0. The first-order valence-electron chi connectivity index (χ1n) is 24.2. The third kappa shape index (κ3) is 7.80. The van der Waals surface area contributed by atoms with Gasteiger partial charge in [0.2, 0.25) is 0 Å². The molecule has 0 fully saturated rings. The van der Waals surface area contributed by atoms with Gasteiger partial charge < -0.3 is 0 Å². The highest BCUT2D eigenvalue weighted by atomic mass is 15.1. The Morgan fingerprint density at radius 3 is 0.986 bits per heavy atom. The Kier molecular flexibility index (Phi) is 9.99. The Morgan fingerprint density at radius 1 is 0.247 bits per heavy atom. The van der Waals surface area contributed by atoms with Gasteiger partial charge in [-0.2, -0.15) is 0 Å². The van der Waals surface area contributed by atoms with Crippen molar-refractivity contribution < 1.29 is 0 Å². The van der Waals surface area contributed by atoms with Gasteiger partial charge in [0, 0.05) is 79.8 Å². The number of nitrogens with zero attached hydrogens (tertiary/aromatic N) is 8. The van der Waals surface area contributed by atoms with E-state index in [0.29, 0.717) is 0 Å². The lowest BCUT2D eigenvalue weighted by Crippen LogP contribution is -1.99. The molecule has 0 aliphatic carbocycles. The summed E-state index contributed by atoms with van der Waals surface area (Å²) < 4.78 is 2.26. The summed E-state index contributed by atoms with van der Waals surface area (Å²) in [5.41, 5.74) is 18.3. The second kappa shape index (κ2) is 17.4. The van der Waals surface area contributed by atoms with E-state index in [1.54, 1.807) is 0 Å². The van der Waals surface area contributed by atoms with Crippen molar-refractivity contribution in [1.82, 2.24) is 39.5 Å². The number of pyridine rings is 6. The van der Waals surface area contributed by atoms with Crippen molar-refractivity contribution in [3.8, 4) is 84.4 Å². The Bertz CT molecular complexity index is 4050. The molecule has 7 aromatic heterocycles. The molecule has 0 aliphatic heterocycles. The number of aromatic nitrogens is 8. The van der Waals surface area contributed by atoms with E-state index in [-0.39, 0.29) is 0 Å². The van der Waals surface area contributed by atoms with E-state index >= 15 is 0 Å². The lowest BCUT2D eigenvalue weighted by molar-refractivity contribution is 1.10. The van der Waals surface area contributed by atoms with E-state index < -0.39 is 0 Å². The molecule has 14 rings (SSSR count). The lowest BCUT2D eigenvalue weighted by atomic mass is 9.93. The van der Waals surface area contributed by atoms with Gasteiger partial charge >= 0.3 is 0 Å². The average Bonchev–Trinajstić information content (AvgIpc) is 3.87. The Hall–Kier alpha value is -10.1. The van der Waals surface area contributed by atoms with Gasteiger partial charge in [-0.1, -0.05) is 103 Å². The maximum absolute atomic E-state index is 5.41.